The van der Waals surface area contributed by atoms with Crippen LogP contribution in [0, 0.1) is 10.1 Å². The van der Waals surface area contributed by atoms with Gasteiger partial charge in [-0.05, 0) is 42.1 Å². The number of allylic oxidation sites excluding steroid dienone is 2. The number of nitro benzene ring substituents is 1. The summed E-state index contributed by atoms with van der Waals surface area (Å²) in [7, 11) is 0. The van der Waals surface area contributed by atoms with Crippen molar-refractivity contribution in [1.29, 1.82) is 0 Å². The van der Waals surface area contributed by atoms with E-state index in [1.54, 1.807) is 42.5 Å². The lowest BCUT2D eigenvalue weighted by atomic mass is 10.1. The van der Waals surface area contributed by atoms with Crippen LogP contribution in [0.1, 0.15) is 5.56 Å². The molecule has 0 aromatic heterocycles. The summed E-state index contributed by atoms with van der Waals surface area (Å²) in [5.74, 6) is 0.0408. The molecule has 0 aliphatic carbocycles. The molecule has 2 amide bonds. The number of nitrogens with zero attached hydrogens (tertiary/aromatic N) is 2. The number of halogens is 1. The second-order valence-corrected chi connectivity index (χ2v) is 7.21. The van der Waals surface area contributed by atoms with Gasteiger partial charge in [-0.25, -0.2) is 0 Å². The number of nitro groups is 1. The number of imide groups is 1. The molecule has 1 aliphatic heterocycles. The van der Waals surface area contributed by atoms with Gasteiger partial charge in [-0.15, -0.1) is 0 Å². The first-order chi connectivity index (χ1) is 14.0. The predicted octanol–water partition coefficient (Wildman–Crippen LogP) is 4.92. The predicted molar refractivity (Wildman–Crippen MR) is 112 cm³/mol. The molecule has 148 valence electrons. The van der Waals surface area contributed by atoms with Crippen LogP contribution >= 0.6 is 23.4 Å². The van der Waals surface area contributed by atoms with Crippen molar-refractivity contribution in [3.63, 3.8) is 0 Å². The molecule has 1 saturated heterocycles. The van der Waals surface area contributed by atoms with Crippen LogP contribution in [0.3, 0.4) is 0 Å². The number of ether oxygens (including phenoxy) is 1. The van der Waals surface area contributed by atoms with Crippen molar-refractivity contribution in [3.05, 3.63) is 86.3 Å². The number of hydrogen-bond acceptors (Lipinski definition) is 6. The minimum atomic E-state index is -0.480. The van der Waals surface area contributed by atoms with Crippen LogP contribution in [-0.2, 0) is 4.79 Å². The lowest BCUT2D eigenvalue weighted by Crippen LogP contribution is -2.32. The zero-order valence-electron chi connectivity index (χ0n) is 15.0. The zero-order chi connectivity index (χ0) is 20.8. The number of amides is 2. The Bertz CT molecular complexity index is 1020. The standard InChI is InChI=1S/C20H15ClN2O5S/c21-15-8-2-4-10-17(15)28-13-12-22-19(24)18(29-20(22)25)11-5-7-14-6-1-3-9-16(14)23(26)27/h1-11H,12-13H2/b7-5+,18-11-. The van der Waals surface area contributed by atoms with Gasteiger partial charge in [-0.1, -0.05) is 41.9 Å². The van der Waals surface area contributed by atoms with Gasteiger partial charge in [0.05, 0.1) is 27.0 Å². The number of thioether (sulfide) groups is 1. The minimum absolute atomic E-state index is 0.0398. The molecule has 0 unspecified atom stereocenters. The fourth-order valence-electron chi connectivity index (χ4n) is 2.55. The quantitative estimate of drug-likeness (QED) is 0.352. The summed E-state index contributed by atoms with van der Waals surface area (Å²) >= 11 is 6.81. The highest BCUT2D eigenvalue weighted by Crippen LogP contribution is 2.31. The highest BCUT2D eigenvalue weighted by Gasteiger charge is 2.34. The summed E-state index contributed by atoms with van der Waals surface area (Å²) in [5, 5.41) is 11.1. The molecule has 7 nitrogen and oxygen atoms in total. The molecule has 3 rings (SSSR count). The van der Waals surface area contributed by atoms with Gasteiger partial charge in [-0.3, -0.25) is 24.6 Å². The van der Waals surface area contributed by atoms with Gasteiger partial charge in [0.25, 0.3) is 16.8 Å². The van der Waals surface area contributed by atoms with Crippen LogP contribution in [0.2, 0.25) is 5.02 Å². The Labute approximate surface area is 175 Å². The van der Waals surface area contributed by atoms with E-state index in [0.717, 1.165) is 16.7 Å². The maximum Gasteiger partial charge on any atom is 0.293 e. The summed E-state index contributed by atoms with van der Waals surface area (Å²) in [6.45, 7) is 0.197. The SMILES string of the molecule is O=C1S/C(=C\C=C\c2ccccc2[N+](=O)[O-])C(=O)N1CCOc1ccccc1Cl. The van der Waals surface area contributed by atoms with E-state index < -0.39 is 16.1 Å². The summed E-state index contributed by atoms with van der Waals surface area (Å²) in [5.41, 5.74) is 0.364. The average Bonchev–Trinajstić information content (AvgIpc) is 2.97. The zero-order valence-corrected chi connectivity index (χ0v) is 16.6. The lowest BCUT2D eigenvalue weighted by Gasteiger charge is -2.13. The van der Waals surface area contributed by atoms with Gasteiger partial charge >= 0.3 is 0 Å². The number of carbonyl (C=O) groups excluding carboxylic acids is 2. The molecular weight excluding hydrogens is 416 g/mol. The van der Waals surface area contributed by atoms with Crippen molar-refractivity contribution in [2.75, 3.05) is 13.2 Å². The Balaban J connectivity index is 1.63. The van der Waals surface area contributed by atoms with Gasteiger partial charge in [0, 0.05) is 6.07 Å². The Hall–Kier alpha value is -3.10. The first-order valence-corrected chi connectivity index (χ1v) is 9.69. The van der Waals surface area contributed by atoms with Crippen molar-refractivity contribution in [2.24, 2.45) is 0 Å². The molecule has 2 aromatic carbocycles. The third kappa shape index (κ3) is 5.04. The van der Waals surface area contributed by atoms with E-state index >= 15 is 0 Å². The van der Waals surface area contributed by atoms with Crippen LogP contribution in [0.15, 0.2) is 65.6 Å². The Kier molecular flexibility index (Phi) is 6.69. The Morgan fingerprint density at radius 2 is 1.86 bits per heavy atom. The molecule has 0 saturated carbocycles. The van der Waals surface area contributed by atoms with Gasteiger partial charge in [0.15, 0.2) is 0 Å². The second kappa shape index (κ2) is 9.40. The van der Waals surface area contributed by atoms with Crippen LogP contribution in [0.25, 0.3) is 6.08 Å². The molecule has 1 aliphatic rings. The molecule has 0 radical (unpaired) electrons. The third-order valence-electron chi connectivity index (χ3n) is 3.94. The van der Waals surface area contributed by atoms with Crippen LogP contribution in [0.4, 0.5) is 10.5 Å². The van der Waals surface area contributed by atoms with E-state index in [9.17, 15) is 19.7 Å². The average molecular weight is 431 g/mol. The molecule has 1 heterocycles. The van der Waals surface area contributed by atoms with Gasteiger partial charge < -0.3 is 4.74 Å². The molecule has 0 bridgehead atoms. The van der Waals surface area contributed by atoms with Crippen LogP contribution in [0.5, 0.6) is 5.75 Å². The minimum Gasteiger partial charge on any atom is -0.490 e. The van der Waals surface area contributed by atoms with E-state index in [1.807, 2.05) is 0 Å². The van der Waals surface area contributed by atoms with Gasteiger partial charge in [0.1, 0.15) is 12.4 Å². The Morgan fingerprint density at radius 1 is 1.14 bits per heavy atom. The number of carbonyl (C=O) groups is 2. The number of para-hydroxylation sites is 2. The largest absolute Gasteiger partial charge is 0.490 e. The first kappa shape index (κ1) is 20.6. The Morgan fingerprint density at radius 3 is 2.62 bits per heavy atom. The van der Waals surface area contributed by atoms with Crippen molar-refractivity contribution in [1.82, 2.24) is 4.90 Å². The monoisotopic (exact) mass is 430 g/mol. The topological polar surface area (TPSA) is 89.8 Å². The van der Waals surface area contributed by atoms with E-state index in [1.165, 1.54) is 24.3 Å². The number of benzene rings is 2. The van der Waals surface area contributed by atoms with Crippen LogP contribution < -0.4 is 4.74 Å². The van der Waals surface area contributed by atoms with Crippen molar-refractivity contribution in [3.8, 4) is 5.75 Å². The van der Waals surface area contributed by atoms with E-state index in [2.05, 4.69) is 0 Å². The van der Waals surface area contributed by atoms with Gasteiger partial charge in [-0.2, -0.15) is 0 Å². The van der Waals surface area contributed by atoms with E-state index in [0.29, 0.717) is 16.3 Å². The molecule has 0 N–H and O–H groups in total. The highest BCUT2D eigenvalue weighted by atomic mass is 35.5. The van der Waals surface area contributed by atoms with Crippen LogP contribution in [-0.4, -0.2) is 34.1 Å². The normalized spacial score (nSPS) is 15.5. The van der Waals surface area contributed by atoms with Crippen molar-refractivity contribution >= 4 is 46.3 Å². The maximum absolute atomic E-state index is 12.4. The molecule has 0 atom stereocenters. The van der Waals surface area contributed by atoms with E-state index in [4.69, 9.17) is 16.3 Å². The number of hydrogen-bond donors (Lipinski definition) is 0. The molecule has 9 heteroatoms. The summed E-state index contributed by atoms with van der Waals surface area (Å²) in [6, 6.07) is 13.2. The van der Waals surface area contributed by atoms with Crippen molar-refractivity contribution in [2.45, 2.75) is 0 Å². The molecule has 1 fully saturated rings. The van der Waals surface area contributed by atoms with Gasteiger partial charge in [0.2, 0.25) is 0 Å². The number of rotatable bonds is 7. The fraction of sp³-hybridized carbons (Fsp3) is 0.100. The molecule has 2 aromatic rings. The lowest BCUT2D eigenvalue weighted by molar-refractivity contribution is -0.385. The maximum atomic E-state index is 12.4. The highest BCUT2D eigenvalue weighted by molar-refractivity contribution is 8.18. The molecule has 0 spiro atoms. The summed E-state index contributed by atoms with van der Waals surface area (Å²) in [4.78, 5) is 36.4. The first-order valence-electron chi connectivity index (χ1n) is 8.50. The smallest absolute Gasteiger partial charge is 0.293 e. The molecule has 29 heavy (non-hydrogen) atoms. The second-order valence-electron chi connectivity index (χ2n) is 5.81. The third-order valence-corrected chi connectivity index (χ3v) is 5.18. The summed E-state index contributed by atoms with van der Waals surface area (Å²) in [6.07, 6.45) is 4.50. The van der Waals surface area contributed by atoms with E-state index in [-0.39, 0.29) is 23.7 Å². The fourth-order valence-corrected chi connectivity index (χ4v) is 3.56. The summed E-state index contributed by atoms with van der Waals surface area (Å²) < 4.78 is 5.52. The van der Waals surface area contributed by atoms with Crippen molar-refractivity contribution < 1.29 is 19.2 Å². The molecular formula is C20H15ClN2O5S.